The maximum Gasteiger partial charge on any atom is 0.155 e. The maximum absolute atomic E-state index is 12.7. The number of carbonyl (C=O) groups excluding carboxylic acids is 2. The average Bonchev–Trinajstić information content (AvgIpc) is 3.01. The predicted octanol–water partition coefficient (Wildman–Crippen LogP) is 3.02. The fraction of sp³-hybridized carbons (Fsp3) is 0.800. The van der Waals surface area contributed by atoms with Crippen LogP contribution in [0.1, 0.15) is 76.4 Å². The minimum Gasteiger partial charge on any atom is -0.320 e. The Morgan fingerprint density at radius 1 is 1.33 bits per heavy atom. The molecule has 0 aliphatic heterocycles. The van der Waals surface area contributed by atoms with Gasteiger partial charge in [0.25, 0.3) is 0 Å². The summed E-state index contributed by atoms with van der Waals surface area (Å²) in [5, 5.41) is 11.5. The first-order valence-electron chi connectivity index (χ1n) is 9.50. The number of nitrogens with zero attached hydrogens (tertiary/aromatic N) is 3. The molecule has 1 rings (SSSR count). The quantitative estimate of drug-likeness (QED) is 0.677. The summed E-state index contributed by atoms with van der Waals surface area (Å²) in [5.74, 6) is 0.0593. The second-order valence-electron chi connectivity index (χ2n) is 7.50. The highest BCUT2D eigenvalue weighted by Crippen LogP contribution is 2.19. The summed E-state index contributed by atoms with van der Waals surface area (Å²) in [6, 6.07) is -0.668. The van der Waals surface area contributed by atoms with Gasteiger partial charge in [-0.2, -0.15) is 0 Å². The maximum atomic E-state index is 12.7. The van der Waals surface area contributed by atoms with Crippen molar-refractivity contribution >= 4 is 11.6 Å². The van der Waals surface area contributed by atoms with Crippen LogP contribution >= 0.6 is 0 Å². The molecule has 3 unspecified atom stereocenters. The highest BCUT2D eigenvalue weighted by molar-refractivity contribution is 5.89. The number of ketones is 2. The average molecular weight is 386 g/mol. The fourth-order valence-corrected chi connectivity index (χ4v) is 2.27. The minimum atomic E-state index is -0.593. The molecule has 0 aliphatic rings. The van der Waals surface area contributed by atoms with Gasteiger partial charge in [0.05, 0.1) is 24.3 Å². The van der Waals surface area contributed by atoms with Crippen LogP contribution in [0.4, 0.5) is 0 Å². The van der Waals surface area contributed by atoms with Crippen molar-refractivity contribution in [3.05, 3.63) is 11.9 Å². The zero-order valence-electron chi connectivity index (χ0n) is 17.7. The highest BCUT2D eigenvalue weighted by atomic mass is 16.1. The van der Waals surface area contributed by atoms with Crippen molar-refractivity contribution in [3.63, 3.8) is 0 Å². The van der Waals surface area contributed by atoms with Crippen molar-refractivity contribution in [3.8, 4) is 0 Å². The predicted molar refractivity (Wildman–Crippen MR) is 114 cm³/mol. The van der Waals surface area contributed by atoms with Crippen LogP contribution in [-0.4, -0.2) is 44.7 Å². The minimum absolute atomic E-state index is 0. The second-order valence-corrected chi connectivity index (χ2v) is 7.50. The van der Waals surface area contributed by atoms with E-state index >= 15 is 0 Å². The lowest BCUT2D eigenvalue weighted by Gasteiger charge is -2.27. The van der Waals surface area contributed by atoms with Gasteiger partial charge in [0, 0.05) is 25.5 Å². The third-order valence-corrected chi connectivity index (χ3v) is 4.06. The molecule has 3 N–H and O–H groups in total. The number of nitrogens with one attached hydrogen (secondary N) is 1. The normalized spacial score (nSPS) is 14.3. The Balaban J connectivity index is -0.00000151. The lowest BCUT2D eigenvalue weighted by molar-refractivity contribution is -0.128. The van der Waals surface area contributed by atoms with Crippen LogP contribution in [0.2, 0.25) is 0 Å². The van der Waals surface area contributed by atoms with Gasteiger partial charge in [0.2, 0.25) is 0 Å². The van der Waals surface area contributed by atoms with Crippen molar-refractivity contribution < 1.29 is 11.0 Å². The molecule has 0 bridgehead atoms. The summed E-state index contributed by atoms with van der Waals surface area (Å²) >= 11 is 0. The standard InChI is InChI=1S/C17H31N5O2.C2H6.CH4.H2/c1-7-11(2)19-15(16(24)17(4,5)6)8-13-9-22(21-20-13)10-14(18)12(3)23;1-2;;/h9,11,14-15,19H,7-8,10,18H2,1-6H3;1-2H3;1H4;1H. The van der Waals surface area contributed by atoms with Gasteiger partial charge < -0.3 is 11.1 Å². The van der Waals surface area contributed by atoms with E-state index in [1.165, 1.54) is 6.92 Å². The molecule has 0 aromatic carbocycles. The van der Waals surface area contributed by atoms with Crippen LogP contribution in [0.5, 0.6) is 0 Å². The molecule has 0 saturated carbocycles. The van der Waals surface area contributed by atoms with Gasteiger partial charge in [0.1, 0.15) is 5.78 Å². The van der Waals surface area contributed by atoms with E-state index in [0.29, 0.717) is 18.7 Å². The molecule has 7 heteroatoms. The molecule has 0 amide bonds. The van der Waals surface area contributed by atoms with E-state index in [1.807, 2.05) is 34.6 Å². The van der Waals surface area contributed by atoms with Gasteiger partial charge in [-0.15, -0.1) is 5.10 Å². The molecule has 0 radical (unpaired) electrons. The largest absolute Gasteiger partial charge is 0.320 e. The van der Waals surface area contributed by atoms with Crippen molar-refractivity contribution in [2.75, 3.05) is 0 Å². The Kier molecular flexibility index (Phi) is 13.0. The Morgan fingerprint density at radius 2 is 1.89 bits per heavy atom. The molecule has 7 nitrogen and oxygen atoms in total. The van der Waals surface area contributed by atoms with Crippen molar-refractivity contribution in [1.82, 2.24) is 20.3 Å². The Morgan fingerprint density at radius 3 is 2.33 bits per heavy atom. The zero-order valence-corrected chi connectivity index (χ0v) is 17.7. The Hall–Kier alpha value is -1.60. The number of Topliss-reactive ketones (excluding diaryl/α,β-unsaturated/α-hetero) is 2. The van der Waals surface area contributed by atoms with E-state index in [0.717, 1.165) is 6.42 Å². The smallest absolute Gasteiger partial charge is 0.155 e. The lowest BCUT2D eigenvalue weighted by atomic mass is 9.84. The molecule has 160 valence electrons. The molecular formula is C20H43N5O2. The first-order valence-corrected chi connectivity index (χ1v) is 9.50. The SMILES string of the molecule is C.CC.CCC(C)NC(Cc1cn(CC(N)C(C)=O)nn1)C(=O)C(C)(C)C.[HH]. The first-order chi connectivity index (χ1) is 12.0. The van der Waals surface area contributed by atoms with Gasteiger partial charge in [-0.25, -0.2) is 0 Å². The van der Waals surface area contributed by atoms with Crippen molar-refractivity contribution in [2.24, 2.45) is 11.1 Å². The molecular weight excluding hydrogens is 342 g/mol. The fourth-order valence-electron chi connectivity index (χ4n) is 2.27. The van der Waals surface area contributed by atoms with E-state index in [-0.39, 0.29) is 32.5 Å². The molecule has 1 heterocycles. The van der Waals surface area contributed by atoms with E-state index in [9.17, 15) is 9.59 Å². The number of aromatic nitrogens is 3. The molecule has 3 atom stereocenters. The summed E-state index contributed by atoms with van der Waals surface area (Å²) in [4.78, 5) is 24.0. The molecule has 0 spiro atoms. The number of rotatable bonds is 9. The number of hydrogen-bond acceptors (Lipinski definition) is 6. The van der Waals surface area contributed by atoms with Gasteiger partial charge in [-0.1, -0.05) is 54.2 Å². The third-order valence-electron chi connectivity index (χ3n) is 4.06. The van der Waals surface area contributed by atoms with E-state index in [4.69, 9.17) is 5.73 Å². The van der Waals surface area contributed by atoms with Crippen LogP contribution in [-0.2, 0) is 22.6 Å². The van der Waals surface area contributed by atoms with Crippen LogP contribution in [0, 0.1) is 5.41 Å². The monoisotopic (exact) mass is 385 g/mol. The van der Waals surface area contributed by atoms with Gasteiger partial charge in [-0.3, -0.25) is 14.3 Å². The Bertz CT molecular complexity index is 569. The van der Waals surface area contributed by atoms with Crippen molar-refractivity contribution in [2.45, 2.75) is 100 Å². The summed E-state index contributed by atoms with van der Waals surface area (Å²) in [5.41, 5.74) is 6.02. The van der Waals surface area contributed by atoms with E-state index in [2.05, 4.69) is 29.5 Å². The summed E-state index contributed by atoms with van der Waals surface area (Å²) in [6.45, 7) is 15.6. The topological polar surface area (TPSA) is 103 Å². The van der Waals surface area contributed by atoms with Gasteiger partial charge in [-0.05, 0) is 20.3 Å². The van der Waals surface area contributed by atoms with E-state index in [1.54, 1.807) is 10.9 Å². The summed E-state index contributed by atoms with van der Waals surface area (Å²) in [7, 11) is 0. The Labute approximate surface area is 167 Å². The molecule has 1 aromatic heterocycles. The lowest BCUT2D eigenvalue weighted by Crippen LogP contribution is -2.47. The van der Waals surface area contributed by atoms with Crippen molar-refractivity contribution in [1.29, 1.82) is 0 Å². The van der Waals surface area contributed by atoms with Gasteiger partial charge in [0.15, 0.2) is 5.78 Å². The third kappa shape index (κ3) is 9.77. The molecule has 0 aliphatic carbocycles. The van der Waals surface area contributed by atoms with Crippen LogP contribution in [0.15, 0.2) is 6.20 Å². The number of hydrogen-bond donors (Lipinski definition) is 2. The zero-order chi connectivity index (χ0) is 20.5. The summed E-state index contributed by atoms with van der Waals surface area (Å²) < 4.78 is 1.56. The summed E-state index contributed by atoms with van der Waals surface area (Å²) in [6.07, 6.45) is 3.16. The number of carbonyl (C=O) groups is 2. The number of nitrogens with two attached hydrogens (primary N) is 1. The first kappa shape index (κ1) is 27.6. The molecule has 27 heavy (non-hydrogen) atoms. The second kappa shape index (κ2) is 12.7. The highest BCUT2D eigenvalue weighted by Gasteiger charge is 2.31. The van der Waals surface area contributed by atoms with Crippen LogP contribution < -0.4 is 11.1 Å². The van der Waals surface area contributed by atoms with Gasteiger partial charge >= 0.3 is 0 Å². The van der Waals surface area contributed by atoms with Crippen LogP contribution in [0.25, 0.3) is 0 Å². The molecule has 0 fully saturated rings. The molecule has 1 aromatic rings. The van der Waals surface area contributed by atoms with Crippen LogP contribution in [0.3, 0.4) is 0 Å². The van der Waals surface area contributed by atoms with E-state index < -0.39 is 11.5 Å². The molecule has 0 saturated heterocycles.